The van der Waals surface area contributed by atoms with Crippen LogP contribution < -0.4 is 0 Å². The van der Waals surface area contributed by atoms with Gasteiger partial charge in [0, 0.05) is 46.4 Å². The maximum Gasteiger partial charge on any atom is 0.243 e. The highest BCUT2D eigenvalue weighted by atomic mass is 32.2. The summed E-state index contributed by atoms with van der Waals surface area (Å²) in [5, 5.41) is 0. The Kier molecular flexibility index (Phi) is 6.75. The summed E-state index contributed by atoms with van der Waals surface area (Å²) in [6, 6.07) is 7.04. The lowest BCUT2D eigenvalue weighted by Crippen LogP contribution is -2.53. The summed E-state index contributed by atoms with van der Waals surface area (Å²) in [5.41, 5.74) is 1.13. The molecule has 0 aromatic heterocycles. The lowest BCUT2D eigenvalue weighted by Gasteiger charge is -2.36. The van der Waals surface area contributed by atoms with E-state index in [0.29, 0.717) is 50.1 Å². The van der Waals surface area contributed by atoms with Crippen molar-refractivity contribution in [2.75, 3.05) is 53.0 Å². The third-order valence-corrected chi connectivity index (χ3v) is 7.65. The van der Waals surface area contributed by atoms with Crippen LogP contribution in [0.5, 0.6) is 0 Å². The van der Waals surface area contributed by atoms with Crippen molar-refractivity contribution in [3.05, 3.63) is 29.8 Å². The number of sulfonamides is 1. The van der Waals surface area contributed by atoms with Crippen LogP contribution in [0, 0.1) is 0 Å². The zero-order chi connectivity index (χ0) is 20.3. The minimum atomic E-state index is -3.49. The second-order valence-corrected chi connectivity index (χ2v) is 9.72. The molecule has 1 unspecified atom stereocenters. The number of amides is 1. The summed E-state index contributed by atoms with van der Waals surface area (Å²) in [6.45, 7) is 8.06. The zero-order valence-electron chi connectivity index (χ0n) is 17.0. The van der Waals surface area contributed by atoms with Crippen molar-refractivity contribution >= 4 is 15.9 Å². The molecule has 1 atom stereocenters. The minimum absolute atomic E-state index is 0.132. The molecule has 1 aromatic carbocycles. The van der Waals surface area contributed by atoms with Gasteiger partial charge in [0.1, 0.15) is 0 Å². The van der Waals surface area contributed by atoms with Crippen LogP contribution in [0.25, 0.3) is 0 Å². The highest BCUT2D eigenvalue weighted by molar-refractivity contribution is 7.89. The van der Waals surface area contributed by atoms with Crippen LogP contribution in [0.1, 0.15) is 31.7 Å². The molecule has 2 aliphatic heterocycles. The molecular formula is C20H31N3O4S. The van der Waals surface area contributed by atoms with E-state index >= 15 is 0 Å². The molecule has 0 spiro atoms. The topological polar surface area (TPSA) is 70.2 Å². The van der Waals surface area contributed by atoms with E-state index in [9.17, 15) is 13.2 Å². The molecule has 7 nitrogen and oxygen atoms in total. The summed E-state index contributed by atoms with van der Waals surface area (Å²) in [7, 11) is -1.86. The third kappa shape index (κ3) is 4.40. The van der Waals surface area contributed by atoms with Gasteiger partial charge in [-0.1, -0.05) is 26.0 Å². The van der Waals surface area contributed by atoms with E-state index in [1.165, 1.54) is 4.31 Å². The van der Waals surface area contributed by atoms with Crippen molar-refractivity contribution in [1.82, 2.24) is 14.1 Å². The highest BCUT2D eigenvalue weighted by Crippen LogP contribution is 2.23. The number of carbonyl (C=O) groups excluding carboxylic acids is 1. The highest BCUT2D eigenvalue weighted by Gasteiger charge is 2.38. The number of methoxy groups -OCH3 is 1. The molecule has 2 aliphatic rings. The van der Waals surface area contributed by atoms with E-state index < -0.39 is 10.0 Å². The van der Waals surface area contributed by atoms with Crippen molar-refractivity contribution < 1.29 is 17.9 Å². The zero-order valence-corrected chi connectivity index (χ0v) is 17.8. The number of likely N-dealkylation sites (tertiary alicyclic amines) is 1. The number of nitrogens with zero attached hydrogens (tertiary/aromatic N) is 3. The van der Waals surface area contributed by atoms with Gasteiger partial charge in [-0.2, -0.15) is 4.31 Å². The first-order valence-corrected chi connectivity index (χ1v) is 11.4. The molecule has 156 valence electrons. The van der Waals surface area contributed by atoms with Gasteiger partial charge in [0.2, 0.25) is 15.9 Å². The van der Waals surface area contributed by atoms with Crippen molar-refractivity contribution in [3.63, 3.8) is 0 Å². The molecule has 2 fully saturated rings. The van der Waals surface area contributed by atoms with Crippen molar-refractivity contribution in [3.8, 4) is 0 Å². The molecule has 3 rings (SSSR count). The van der Waals surface area contributed by atoms with Crippen LogP contribution in [0.15, 0.2) is 29.2 Å². The van der Waals surface area contributed by atoms with Crippen LogP contribution in [0.4, 0.5) is 0 Å². The van der Waals surface area contributed by atoms with Gasteiger partial charge >= 0.3 is 0 Å². The Labute approximate surface area is 168 Å². The van der Waals surface area contributed by atoms with Crippen LogP contribution in [0.3, 0.4) is 0 Å². The largest absolute Gasteiger partial charge is 0.383 e. The van der Waals surface area contributed by atoms with Crippen LogP contribution >= 0.6 is 0 Å². The fraction of sp³-hybridized carbons (Fsp3) is 0.650. The number of hydrogen-bond donors (Lipinski definition) is 0. The Balaban J connectivity index is 1.59. The molecule has 0 saturated carbocycles. The smallest absolute Gasteiger partial charge is 0.243 e. The number of ether oxygens (including phenoxy) is 1. The summed E-state index contributed by atoms with van der Waals surface area (Å²) < 4.78 is 32.5. The maximum atomic E-state index is 12.9. The number of hydrogen-bond acceptors (Lipinski definition) is 5. The van der Waals surface area contributed by atoms with Gasteiger partial charge in [-0.3, -0.25) is 9.69 Å². The summed E-state index contributed by atoms with van der Waals surface area (Å²) in [6.07, 6.45) is 0.798. The van der Waals surface area contributed by atoms with Gasteiger partial charge in [-0.05, 0) is 30.0 Å². The van der Waals surface area contributed by atoms with Gasteiger partial charge in [-0.15, -0.1) is 0 Å². The average Bonchev–Trinajstić information content (AvgIpc) is 3.07. The molecule has 0 bridgehead atoms. The fourth-order valence-electron chi connectivity index (χ4n) is 3.91. The predicted octanol–water partition coefficient (Wildman–Crippen LogP) is 1.36. The van der Waals surface area contributed by atoms with Gasteiger partial charge in [0.05, 0.1) is 17.5 Å². The molecular weight excluding hydrogens is 378 g/mol. The Morgan fingerprint density at radius 3 is 2.29 bits per heavy atom. The van der Waals surface area contributed by atoms with Crippen LogP contribution in [-0.4, -0.2) is 87.5 Å². The quantitative estimate of drug-likeness (QED) is 0.680. The monoisotopic (exact) mass is 409 g/mol. The number of carbonyl (C=O) groups is 1. The molecule has 2 heterocycles. The fourth-order valence-corrected chi connectivity index (χ4v) is 5.34. The summed E-state index contributed by atoms with van der Waals surface area (Å²) in [4.78, 5) is 16.9. The SMILES string of the molecule is COCCN1CCC(N2CCN(S(=O)(=O)c3ccc(C(C)C)cc3)CC2)C1=O. The van der Waals surface area contributed by atoms with E-state index in [2.05, 4.69) is 18.7 Å². The molecule has 1 amide bonds. The van der Waals surface area contributed by atoms with Gasteiger partial charge in [0.15, 0.2) is 0 Å². The molecule has 28 heavy (non-hydrogen) atoms. The van der Waals surface area contributed by atoms with Gasteiger partial charge in [-0.25, -0.2) is 8.42 Å². The Bertz CT molecular complexity index is 771. The summed E-state index contributed by atoms with van der Waals surface area (Å²) in [5.74, 6) is 0.505. The first kappa shape index (κ1) is 21.2. The first-order chi connectivity index (χ1) is 13.3. The molecule has 0 radical (unpaired) electrons. The average molecular weight is 410 g/mol. The normalized spacial score (nSPS) is 22.4. The molecule has 1 aromatic rings. The number of rotatable bonds is 7. The first-order valence-electron chi connectivity index (χ1n) is 9.96. The van der Waals surface area contributed by atoms with E-state index in [0.717, 1.165) is 18.5 Å². The van der Waals surface area contributed by atoms with Crippen molar-refractivity contribution in [2.24, 2.45) is 0 Å². The third-order valence-electron chi connectivity index (χ3n) is 5.73. The van der Waals surface area contributed by atoms with Crippen molar-refractivity contribution in [1.29, 1.82) is 0 Å². The van der Waals surface area contributed by atoms with Gasteiger partial charge in [0.25, 0.3) is 0 Å². The minimum Gasteiger partial charge on any atom is -0.383 e. The maximum absolute atomic E-state index is 12.9. The van der Waals surface area contributed by atoms with E-state index in [-0.39, 0.29) is 11.9 Å². The summed E-state index contributed by atoms with van der Waals surface area (Å²) >= 11 is 0. The van der Waals surface area contributed by atoms with E-state index in [1.54, 1.807) is 19.2 Å². The lowest BCUT2D eigenvalue weighted by molar-refractivity contribution is -0.133. The molecule has 2 saturated heterocycles. The predicted molar refractivity (Wildman–Crippen MR) is 108 cm³/mol. The molecule has 8 heteroatoms. The van der Waals surface area contributed by atoms with Gasteiger partial charge < -0.3 is 9.64 Å². The number of piperazine rings is 1. The Morgan fingerprint density at radius 1 is 1.07 bits per heavy atom. The molecule has 0 N–H and O–H groups in total. The van der Waals surface area contributed by atoms with Crippen molar-refractivity contribution in [2.45, 2.75) is 37.1 Å². The second kappa shape index (κ2) is 8.90. The van der Waals surface area contributed by atoms with E-state index in [4.69, 9.17) is 4.74 Å². The van der Waals surface area contributed by atoms with E-state index in [1.807, 2.05) is 17.0 Å². The Hall–Kier alpha value is -1.48. The Morgan fingerprint density at radius 2 is 1.71 bits per heavy atom. The van der Waals surface area contributed by atoms with Crippen LogP contribution in [-0.2, 0) is 19.6 Å². The lowest BCUT2D eigenvalue weighted by atomic mass is 10.0. The standard InChI is InChI=1S/C20H31N3O4S/c1-16(2)17-4-6-18(7-5-17)28(25,26)23-12-10-21(11-13-23)19-8-9-22(20(19)24)14-15-27-3/h4-7,16,19H,8-15H2,1-3H3. The second-order valence-electron chi connectivity index (χ2n) is 7.79. The number of benzene rings is 1. The molecule has 0 aliphatic carbocycles. The van der Waals surface area contributed by atoms with Crippen LogP contribution in [0.2, 0.25) is 0 Å².